The van der Waals surface area contributed by atoms with Gasteiger partial charge in [0.05, 0.1) is 12.1 Å². The largest absolute Gasteiger partial charge is 0.447 e. The van der Waals surface area contributed by atoms with E-state index < -0.39 is 6.09 Å². The number of carbonyl (C=O) groups is 1. The first-order chi connectivity index (χ1) is 15.0. The van der Waals surface area contributed by atoms with Crippen molar-refractivity contribution in [2.45, 2.75) is 39.3 Å². The fourth-order valence-corrected chi connectivity index (χ4v) is 3.47. The predicted octanol–water partition coefficient (Wildman–Crippen LogP) is 4.83. The summed E-state index contributed by atoms with van der Waals surface area (Å²) in [7, 11) is 0. The highest BCUT2D eigenvalue weighted by Gasteiger charge is 2.35. The number of benzene rings is 2. The molecule has 1 aromatic heterocycles. The van der Waals surface area contributed by atoms with Gasteiger partial charge in [-0.2, -0.15) is 15.0 Å². The Labute approximate surface area is 181 Å². The first-order valence-corrected chi connectivity index (χ1v) is 10.4. The minimum Gasteiger partial charge on any atom is -0.447 e. The number of amides is 1. The van der Waals surface area contributed by atoms with Gasteiger partial charge in [-0.3, -0.25) is 0 Å². The topological polar surface area (TPSA) is 92.3 Å². The average Bonchev–Trinajstić information content (AvgIpc) is 3.15. The quantitative estimate of drug-likeness (QED) is 0.567. The van der Waals surface area contributed by atoms with Crippen LogP contribution < -0.4 is 15.5 Å². The molecule has 4 rings (SSSR count). The highest BCUT2D eigenvalue weighted by molar-refractivity contribution is 5.88. The lowest BCUT2D eigenvalue weighted by Crippen LogP contribution is -2.34. The second-order valence-corrected chi connectivity index (χ2v) is 7.49. The number of nitrogens with zero attached hydrogens (tertiary/aromatic N) is 4. The maximum absolute atomic E-state index is 12.2. The molecule has 1 amide bonds. The number of cyclic esters (lactones) is 1. The van der Waals surface area contributed by atoms with E-state index in [-0.39, 0.29) is 12.1 Å². The van der Waals surface area contributed by atoms with E-state index in [1.54, 1.807) is 6.92 Å². The van der Waals surface area contributed by atoms with Crippen molar-refractivity contribution in [3.8, 4) is 0 Å². The van der Waals surface area contributed by atoms with Gasteiger partial charge in [-0.25, -0.2) is 9.69 Å². The molecule has 8 heteroatoms. The molecule has 160 valence electrons. The summed E-state index contributed by atoms with van der Waals surface area (Å²) in [5.41, 5.74) is 3.14. The van der Waals surface area contributed by atoms with Gasteiger partial charge in [0.25, 0.3) is 0 Å². The van der Waals surface area contributed by atoms with Crippen LogP contribution in [0.3, 0.4) is 0 Å². The lowest BCUT2D eigenvalue weighted by Gasteiger charge is -2.20. The van der Waals surface area contributed by atoms with Crippen molar-refractivity contribution in [1.82, 2.24) is 15.0 Å². The Bertz CT molecular complexity index is 1040. The third-order valence-corrected chi connectivity index (χ3v) is 5.20. The Kier molecular flexibility index (Phi) is 5.97. The smallest absolute Gasteiger partial charge is 0.417 e. The fourth-order valence-electron chi connectivity index (χ4n) is 3.47. The van der Waals surface area contributed by atoms with Crippen LogP contribution in [-0.4, -0.2) is 33.7 Å². The summed E-state index contributed by atoms with van der Waals surface area (Å²) in [5, 5.41) is 6.70. The van der Waals surface area contributed by atoms with Crippen LogP contribution >= 0.6 is 0 Å². The minimum atomic E-state index is -0.419. The maximum atomic E-state index is 12.2. The second-order valence-electron chi connectivity index (χ2n) is 7.49. The van der Waals surface area contributed by atoms with Crippen LogP contribution in [0.15, 0.2) is 54.6 Å². The molecule has 2 N–H and O–H groups in total. The highest BCUT2D eigenvalue weighted by atomic mass is 16.6. The van der Waals surface area contributed by atoms with E-state index >= 15 is 0 Å². The zero-order valence-electron chi connectivity index (χ0n) is 17.9. The van der Waals surface area contributed by atoms with E-state index in [0.717, 1.165) is 23.4 Å². The molecule has 1 fully saturated rings. The lowest BCUT2D eigenvalue weighted by atomic mass is 10.1. The van der Waals surface area contributed by atoms with Crippen molar-refractivity contribution in [2.75, 3.05) is 22.1 Å². The number of ether oxygens (including phenoxy) is 1. The first-order valence-electron chi connectivity index (χ1n) is 10.4. The first kappa shape index (κ1) is 20.6. The molecule has 0 radical (unpaired) electrons. The number of hydrogen-bond donors (Lipinski definition) is 2. The number of aryl methyl sites for hydroxylation is 1. The van der Waals surface area contributed by atoms with Crippen molar-refractivity contribution >= 4 is 29.4 Å². The van der Waals surface area contributed by atoms with E-state index in [2.05, 4.69) is 37.7 Å². The molecule has 2 aromatic carbocycles. The van der Waals surface area contributed by atoms with Gasteiger partial charge in [-0.15, -0.1) is 0 Å². The Morgan fingerprint density at radius 3 is 2.48 bits per heavy atom. The summed E-state index contributed by atoms with van der Waals surface area (Å²) in [6.07, 6.45) is 0.344. The number of aromatic nitrogens is 3. The molecule has 0 unspecified atom stereocenters. The molecule has 1 saturated heterocycles. The molecule has 8 nitrogen and oxygen atoms in total. The van der Waals surface area contributed by atoms with Crippen molar-refractivity contribution in [3.63, 3.8) is 0 Å². The lowest BCUT2D eigenvalue weighted by molar-refractivity contribution is 0.178. The Morgan fingerprint density at radius 1 is 1.06 bits per heavy atom. The van der Waals surface area contributed by atoms with Crippen LogP contribution in [0.5, 0.6) is 0 Å². The van der Waals surface area contributed by atoms with Crippen LogP contribution in [0, 0.1) is 6.92 Å². The standard InChI is InChI=1S/C23H26N6O2/c1-4-20-14-31-23(30)29(20)22-26-16(3)25-21(28-22)24-15(2)17-10-12-19(13-11-17)27-18-8-6-5-7-9-18/h5-13,15,20,27H,4,14H2,1-3H3,(H,24,25,26,28)/t15-,20+/m1/s1. The van der Waals surface area contributed by atoms with E-state index in [1.807, 2.05) is 56.3 Å². The molecule has 0 spiro atoms. The van der Waals surface area contributed by atoms with Crippen molar-refractivity contribution < 1.29 is 9.53 Å². The molecule has 1 aliphatic heterocycles. The summed E-state index contributed by atoms with van der Waals surface area (Å²) in [5.74, 6) is 1.28. The molecule has 1 aliphatic rings. The minimum absolute atomic E-state index is 0.0343. The predicted molar refractivity (Wildman–Crippen MR) is 121 cm³/mol. The maximum Gasteiger partial charge on any atom is 0.417 e. The molecular formula is C23H26N6O2. The second kappa shape index (κ2) is 8.99. The third-order valence-electron chi connectivity index (χ3n) is 5.20. The molecule has 2 heterocycles. The van der Waals surface area contributed by atoms with Gasteiger partial charge in [-0.05, 0) is 50.1 Å². The van der Waals surface area contributed by atoms with Gasteiger partial charge in [-0.1, -0.05) is 37.3 Å². The summed E-state index contributed by atoms with van der Waals surface area (Å²) < 4.78 is 5.17. The number of rotatable bonds is 7. The SMILES string of the molecule is CC[C@H]1COC(=O)N1c1nc(C)nc(N[C@H](C)c2ccc(Nc3ccccc3)cc2)n1. The molecule has 3 aromatic rings. The monoisotopic (exact) mass is 418 g/mol. The highest BCUT2D eigenvalue weighted by Crippen LogP contribution is 2.25. The fraction of sp³-hybridized carbons (Fsp3) is 0.304. The van der Waals surface area contributed by atoms with Crippen LogP contribution in [0.1, 0.15) is 37.7 Å². The van der Waals surface area contributed by atoms with Gasteiger partial charge < -0.3 is 15.4 Å². The van der Waals surface area contributed by atoms with Crippen LogP contribution in [0.4, 0.5) is 28.1 Å². The number of carbonyl (C=O) groups excluding carboxylic acids is 1. The summed E-state index contributed by atoms with van der Waals surface area (Å²) in [4.78, 5) is 26.9. The van der Waals surface area contributed by atoms with E-state index in [4.69, 9.17) is 4.74 Å². The van der Waals surface area contributed by atoms with Gasteiger partial charge >= 0.3 is 6.09 Å². The summed E-state index contributed by atoms with van der Waals surface area (Å²) in [6, 6.07) is 18.1. The Hall–Kier alpha value is -3.68. The van der Waals surface area contributed by atoms with Gasteiger partial charge in [0.15, 0.2) is 0 Å². The zero-order chi connectivity index (χ0) is 21.8. The number of anilines is 4. The van der Waals surface area contributed by atoms with Gasteiger partial charge in [0, 0.05) is 11.4 Å². The number of para-hydroxylation sites is 1. The number of nitrogens with one attached hydrogen (secondary N) is 2. The summed E-state index contributed by atoms with van der Waals surface area (Å²) in [6.45, 7) is 6.18. The molecule has 0 bridgehead atoms. The third kappa shape index (κ3) is 4.74. The van der Waals surface area contributed by atoms with E-state index in [0.29, 0.717) is 24.3 Å². The molecule has 0 saturated carbocycles. The van der Waals surface area contributed by atoms with E-state index in [9.17, 15) is 4.79 Å². The Morgan fingerprint density at radius 2 is 1.77 bits per heavy atom. The van der Waals surface area contributed by atoms with E-state index in [1.165, 1.54) is 4.90 Å². The molecular weight excluding hydrogens is 392 g/mol. The molecule has 31 heavy (non-hydrogen) atoms. The van der Waals surface area contributed by atoms with Crippen molar-refractivity contribution in [2.24, 2.45) is 0 Å². The molecule has 0 aliphatic carbocycles. The summed E-state index contributed by atoms with van der Waals surface area (Å²) >= 11 is 0. The van der Waals surface area contributed by atoms with Gasteiger partial charge in [0.2, 0.25) is 11.9 Å². The normalized spacial score (nSPS) is 16.7. The van der Waals surface area contributed by atoms with Gasteiger partial charge in [0.1, 0.15) is 12.4 Å². The van der Waals surface area contributed by atoms with Crippen molar-refractivity contribution in [1.29, 1.82) is 0 Å². The van der Waals surface area contributed by atoms with Crippen molar-refractivity contribution in [3.05, 3.63) is 66.0 Å². The van der Waals surface area contributed by atoms with Crippen LogP contribution in [-0.2, 0) is 4.74 Å². The zero-order valence-corrected chi connectivity index (χ0v) is 17.9. The van der Waals surface area contributed by atoms with Crippen LogP contribution in [0.25, 0.3) is 0 Å². The van der Waals surface area contributed by atoms with Crippen LogP contribution in [0.2, 0.25) is 0 Å². The number of hydrogen-bond acceptors (Lipinski definition) is 7. The molecule has 2 atom stereocenters. The average molecular weight is 419 g/mol. The Balaban J connectivity index is 1.47.